The van der Waals surface area contributed by atoms with Gasteiger partial charge < -0.3 is 4.74 Å². The van der Waals surface area contributed by atoms with Crippen molar-refractivity contribution in [2.24, 2.45) is 0 Å². The monoisotopic (exact) mass is 422 g/mol. The fourth-order valence-corrected chi connectivity index (χ4v) is 3.67. The lowest BCUT2D eigenvalue weighted by atomic mass is 9.94. The van der Waals surface area contributed by atoms with Crippen molar-refractivity contribution in [3.05, 3.63) is 45.8 Å². The highest BCUT2D eigenvalue weighted by Crippen LogP contribution is 2.35. The van der Waals surface area contributed by atoms with Crippen molar-refractivity contribution in [2.45, 2.75) is 64.7 Å². The number of esters is 1. The topological polar surface area (TPSA) is 52.1 Å². The van der Waals surface area contributed by atoms with Gasteiger partial charge in [0, 0.05) is 17.7 Å². The summed E-state index contributed by atoms with van der Waals surface area (Å²) in [5.41, 5.74) is 2.02. The van der Waals surface area contributed by atoms with E-state index in [4.69, 9.17) is 32.9 Å². The molecule has 0 saturated heterocycles. The maximum atomic E-state index is 12.2. The van der Waals surface area contributed by atoms with Crippen molar-refractivity contribution in [2.75, 3.05) is 7.11 Å². The molecule has 0 spiro atoms. The Bertz CT molecular complexity index is 796. The van der Waals surface area contributed by atoms with Gasteiger partial charge in [0.15, 0.2) is 5.69 Å². The Balaban J connectivity index is 2.37. The van der Waals surface area contributed by atoms with Crippen LogP contribution in [0.5, 0.6) is 0 Å². The van der Waals surface area contributed by atoms with E-state index in [0.717, 1.165) is 25.0 Å². The first kappa shape index (κ1) is 22.6. The number of hydrogen-bond donors (Lipinski definition) is 0. The summed E-state index contributed by atoms with van der Waals surface area (Å²) < 4.78 is 4.88. The highest BCUT2D eigenvalue weighted by molar-refractivity contribution is 6.43. The van der Waals surface area contributed by atoms with Crippen LogP contribution < -0.4 is 0 Å². The first-order chi connectivity index (χ1) is 13.5. The van der Waals surface area contributed by atoms with E-state index >= 15 is 0 Å². The van der Waals surface area contributed by atoms with E-state index in [2.05, 4.69) is 18.8 Å². The van der Waals surface area contributed by atoms with Crippen molar-refractivity contribution in [1.29, 1.82) is 0 Å². The van der Waals surface area contributed by atoms with Gasteiger partial charge in [-0.1, -0.05) is 81.3 Å². The number of rotatable bonds is 10. The van der Waals surface area contributed by atoms with Gasteiger partial charge in [0.05, 0.1) is 22.8 Å². The number of methoxy groups -OCH3 is 1. The summed E-state index contributed by atoms with van der Waals surface area (Å²) in [5.74, 6) is -0.254. The second kappa shape index (κ2) is 11.4. The Labute approximate surface area is 177 Å². The fourth-order valence-electron chi connectivity index (χ4n) is 3.28. The zero-order valence-corrected chi connectivity index (χ0v) is 18.3. The smallest absolute Gasteiger partial charge is 0.358 e. The van der Waals surface area contributed by atoms with E-state index in [1.165, 1.54) is 32.8 Å². The van der Waals surface area contributed by atoms with Crippen LogP contribution in [0.25, 0.3) is 11.3 Å². The number of nitrogens with zero attached hydrogens (tertiary/aromatic N) is 2. The molecule has 0 aliphatic rings. The van der Waals surface area contributed by atoms with Crippen LogP contribution in [0.15, 0.2) is 24.4 Å². The summed E-state index contributed by atoms with van der Waals surface area (Å²) in [7, 11) is 1.33. The third-order valence-electron chi connectivity index (χ3n) is 4.94. The molecule has 0 radical (unpaired) electrons. The van der Waals surface area contributed by atoms with Gasteiger partial charge in [-0.2, -0.15) is 0 Å². The molecule has 2 rings (SSSR count). The largest absolute Gasteiger partial charge is 0.464 e. The highest BCUT2D eigenvalue weighted by atomic mass is 35.5. The molecule has 0 fully saturated rings. The minimum Gasteiger partial charge on any atom is -0.464 e. The number of unbranched alkanes of at least 4 members (excludes halogenated alkanes) is 4. The molecule has 0 aliphatic carbocycles. The normalized spacial score (nSPS) is 12.0. The first-order valence-electron chi connectivity index (χ1n) is 9.93. The second-order valence-corrected chi connectivity index (χ2v) is 7.68. The summed E-state index contributed by atoms with van der Waals surface area (Å²) in [5, 5.41) is 0.763. The Morgan fingerprint density at radius 1 is 1.14 bits per heavy atom. The average Bonchev–Trinajstić information content (AvgIpc) is 2.72. The van der Waals surface area contributed by atoms with E-state index in [0.29, 0.717) is 21.3 Å². The molecule has 0 aliphatic heterocycles. The Morgan fingerprint density at radius 3 is 2.57 bits per heavy atom. The number of halogens is 2. The fraction of sp³-hybridized carbons (Fsp3) is 0.500. The number of benzene rings is 1. The van der Waals surface area contributed by atoms with Gasteiger partial charge in [-0.05, 0) is 18.9 Å². The predicted octanol–water partition coefficient (Wildman–Crippen LogP) is 7.09. The minimum atomic E-state index is -0.544. The lowest BCUT2D eigenvalue weighted by molar-refractivity contribution is 0.0594. The molecule has 2 aromatic rings. The molecule has 0 N–H and O–H groups in total. The lowest BCUT2D eigenvalue weighted by Crippen LogP contribution is -2.11. The SMILES string of the molecule is CCCCCCCC(CC)c1cnc(C(=O)OC)c(-c2cccc(Cl)c2Cl)n1. The Morgan fingerprint density at radius 2 is 1.89 bits per heavy atom. The second-order valence-electron chi connectivity index (χ2n) is 6.89. The molecule has 1 aromatic carbocycles. The van der Waals surface area contributed by atoms with Crippen molar-refractivity contribution in [3.8, 4) is 11.3 Å². The molecular formula is C22H28Cl2N2O2. The van der Waals surface area contributed by atoms with Crippen LogP contribution >= 0.6 is 23.2 Å². The average molecular weight is 423 g/mol. The minimum absolute atomic E-state index is 0.146. The molecule has 6 heteroatoms. The molecule has 1 aromatic heterocycles. The van der Waals surface area contributed by atoms with Crippen LogP contribution in [0.4, 0.5) is 0 Å². The maximum Gasteiger partial charge on any atom is 0.358 e. The summed E-state index contributed by atoms with van der Waals surface area (Å²) in [4.78, 5) is 21.4. The number of aromatic nitrogens is 2. The zero-order chi connectivity index (χ0) is 20.5. The first-order valence-corrected chi connectivity index (χ1v) is 10.7. The zero-order valence-electron chi connectivity index (χ0n) is 16.8. The van der Waals surface area contributed by atoms with E-state index in [9.17, 15) is 4.79 Å². The lowest BCUT2D eigenvalue weighted by Gasteiger charge is -2.17. The van der Waals surface area contributed by atoms with Crippen LogP contribution in [0.3, 0.4) is 0 Å². The quantitative estimate of drug-likeness (QED) is 0.302. The number of carbonyl (C=O) groups excluding carboxylic acids is 1. The molecule has 0 amide bonds. The standard InChI is InChI=1S/C22H28Cl2N2O2/c1-4-6-7-8-9-11-15(5-2)18-14-25-21(22(27)28-3)20(26-18)16-12-10-13-17(23)19(16)24/h10,12-15H,4-9,11H2,1-3H3. The van der Waals surface area contributed by atoms with Gasteiger partial charge >= 0.3 is 5.97 Å². The van der Waals surface area contributed by atoms with Crippen molar-refractivity contribution in [3.63, 3.8) is 0 Å². The van der Waals surface area contributed by atoms with Crippen LogP contribution in [0.2, 0.25) is 10.0 Å². The van der Waals surface area contributed by atoms with E-state index in [1.807, 2.05) is 0 Å². The molecule has 0 saturated carbocycles. The molecule has 1 atom stereocenters. The predicted molar refractivity (Wildman–Crippen MR) is 115 cm³/mol. The third kappa shape index (κ3) is 5.68. The molecule has 1 heterocycles. The Hall–Kier alpha value is -1.65. The van der Waals surface area contributed by atoms with Crippen LogP contribution in [-0.2, 0) is 4.74 Å². The van der Waals surface area contributed by atoms with Crippen LogP contribution in [-0.4, -0.2) is 23.0 Å². The Kier molecular flexibility index (Phi) is 9.20. The van der Waals surface area contributed by atoms with Gasteiger partial charge in [-0.25, -0.2) is 14.8 Å². The molecular weight excluding hydrogens is 395 g/mol. The molecule has 0 bridgehead atoms. The van der Waals surface area contributed by atoms with Gasteiger partial charge in [0.25, 0.3) is 0 Å². The van der Waals surface area contributed by atoms with Gasteiger partial charge in [0.2, 0.25) is 0 Å². The van der Waals surface area contributed by atoms with Crippen molar-refractivity contribution >= 4 is 29.2 Å². The van der Waals surface area contributed by atoms with Gasteiger partial charge in [-0.3, -0.25) is 0 Å². The molecule has 152 valence electrons. The van der Waals surface area contributed by atoms with Crippen molar-refractivity contribution in [1.82, 2.24) is 9.97 Å². The molecule has 1 unspecified atom stereocenters. The number of ether oxygens (including phenoxy) is 1. The summed E-state index contributed by atoms with van der Waals surface area (Å²) in [6.45, 7) is 4.37. The van der Waals surface area contributed by atoms with E-state index in [-0.39, 0.29) is 11.6 Å². The third-order valence-corrected chi connectivity index (χ3v) is 5.76. The number of carbonyl (C=O) groups is 1. The summed E-state index contributed by atoms with van der Waals surface area (Å²) in [6.07, 6.45) is 9.87. The van der Waals surface area contributed by atoms with Gasteiger partial charge in [0.1, 0.15) is 5.69 Å². The highest BCUT2D eigenvalue weighted by Gasteiger charge is 2.22. The van der Waals surface area contributed by atoms with Crippen LogP contribution in [0.1, 0.15) is 80.9 Å². The summed E-state index contributed by atoms with van der Waals surface area (Å²) in [6, 6.07) is 5.28. The maximum absolute atomic E-state index is 12.2. The number of hydrogen-bond acceptors (Lipinski definition) is 4. The molecule has 4 nitrogen and oxygen atoms in total. The van der Waals surface area contributed by atoms with Gasteiger partial charge in [-0.15, -0.1) is 0 Å². The van der Waals surface area contributed by atoms with Crippen molar-refractivity contribution < 1.29 is 9.53 Å². The van der Waals surface area contributed by atoms with E-state index < -0.39 is 5.97 Å². The van der Waals surface area contributed by atoms with Crippen LogP contribution in [0, 0.1) is 0 Å². The molecule has 28 heavy (non-hydrogen) atoms. The van der Waals surface area contributed by atoms with E-state index in [1.54, 1.807) is 24.4 Å². The summed E-state index contributed by atoms with van der Waals surface area (Å²) >= 11 is 12.6.